The Balaban J connectivity index is 1.65. The summed E-state index contributed by atoms with van der Waals surface area (Å²) < 4.78 is 5.33. The van der Waals surface area contributed by atoms with Crippen LogP contribution >= 0.6 is 23.4 Å². The first-order chi connectivity index (χ1) is 9.81. The number of hydrogen-bond donors (Lipinski definition) is 1. The van der Waals surface area contributed by atoms with Gasteiger partial charge in [-0.05, 0) is 35.4 Å². The molecule has 2 aliphatic heterocycles. The van der Waals surface area contributed by atoms with Gasteiger partial charge in [-0.15, -0.1) is 0 Å². The molecule has 8 heteroatoms. The number of nitrogens with one attached hydrogen (secondary N) is 1. The van der Waals surface area contributed by atoms with Crippen LogP contribution in [-0.2, 0) is 4.74 Å². The van der Waals surface area contributed by atoms with E-state index in [4.69, 9.17) is 16.3 Å². The molecule has 0 amide bonds. The number of nitrogens with zero attached hydrogens (tertiary/aromatic N) is 4. The number of rotatable bonds is 4. The third-order valence-corrected chi connectivity index (χ3v) is 4.86. The van der Waals surface area contributed by atoms with Crippen LogP contribution in [0.3, 0.4) is 0 Å². The van der Waals surface area contributed by atoms with Gasteiger partial charge in [0, 0.05) is 19.6 Å². The van der Waals surface area contributed by atoms with E-state index >= 15 is 0 Å². The van der Waals surface area contributed by atoms with E-state index in [9.17, 15) is 0 Å². The highest BCUT2D eigenvalue weighted by Gasteiger charge is 2.18. The van der Waals surface area contributed by atoms with Crippen molar-refractivity contribution in [1.29, 1.82) is 0 Å². The Morgan fingerprint density at radius 2 is 2.15 bits per heavy atom. The van der Waals surface area contributed by atoms with E-state index in [2.05, 4.69) is 25.2 Å². The molecule has 6 nitrogen and oxygen atoms in total. The molecule has 0 saturated carbocycles. The lowest BCUT2D eigenvalue weighted by atomic mass is 10.1. The Hall–Kier alpha value is -0.790. The topological polar surface area (TPSA) is 63.2 Å². The highest BCUT2D eigenvalue weighted by Crippen LogP contribution is 2.23. The summed E-state index contributed by atoms with van der Waals surface area (Å²) in [7, 11) is 0. The largest absolute Gasteiger partial charge is 0.378 e. The van der Waals surface area contributed by atoms with Crippen LogP contribution in [-0.4, -0.2) is 59.3 Å². The molecule has 1 aromatic rings. The number of aromatic nitrogens is 3. The van der Waals surface area contributed by atoms with E-state index in [-0.39, 0.29) is 5.28 Å². The second-order valence-electron chi connectivity index (χ2n) is 4.94. The third kappa shape index (κ3) is 3.65. The van der Waals surface area contributed by atoms with Crippen LogP contribution in [0.5, 0.6) is 0 Å². The van der Waals surface area contributed by atoms with Crippen molar-refractivity contribution in [3.05, 3.63) is 5.28 Å². The van der Waals surface area contributed by atoms with Crippen molar-refractivity contribution >= 4 is 35.3 Å². The highest BCUT2D eigenvalue weighted by molar-refractivity contribution is 7.99. The standard InChI is InChI=1S/C12H18ClN5OS/c13-10-15-11(14-7-9-1-6-20-8-9)17-12(16-10)18-2-4-19-5-3-18/h9H,1-8H2,(H,14,15,16,17). The van der Waals surface area contributed by atoms with Gasteiger partial charge in [-0.1, -0.05) is 0 Å². The summed E-state index contributed by atoms with van der Waals surface area (Å²) in [4.78, 5) is 14.9. The predicted octanol–water partition coefficient (Wildman–Crippen LogP) is 1.53. The summed E-state index contributed by atoms with van der Waals surface area (Å²) in [5, 5.41) is 3.53. The second kappa shape index (κ2) is 6.78. The average molecular weight is 316 g/mol. The van der Waals surface area contributed by atoms with Crippen LogP contribution in [0.1, 0.15) is 6.42 Å². The molecule has 110 valence electrons. The van der Waals surface area contributed by atoms with Crippen LogP contribution in [0.2, 0.25) is 5.28 Å². The predicted molar refractivity (Wildman–Crippen MR) is 81.8 cm³/mol. The van der Waals surface area contributed by atoms with Crippen LogP contribution in [0.4, 0.5) is 11.9 Å². The van der Waals surface area contributed by atoms with Gasteiger partial charge in [0.05, 0.1) is 13.2 Å². The van der Waals surface area contributed by atoms with Crippen LogP contribution < -0.4 is 10.2 Å². The minimum atomic E-state index is 0.241. The number of anilines is 2. The number of hydrogen-bond acceptors (Lipinski definition) is 7. The summed E-state index contributed by atoms with van der Waals surface area (Å²) in [5.74, 6) is 4.37. The van der Waals surface area contributed by atoms with Crippen LogP contribution in [0.25, 0.3) is 0 Å². The van der Waals surface area contributed by atoms with Crippen molar-refractivity contribution < 1.29 is 4.74 Å². The maximum atomic E-state index is 6.00. The van der Waals surface area contributed by atoms with Crippen molar-refractivity contribution in [3.63, 3.8) is 0 Å². The lowest BCUT2D eigenvalue weighted by molar-refractivity contribution is 0.122. The molecule has 0 aromatic carbocycles. The minimum absolute atomic E-state index is 0.241. The summed E-state index contributed by atoms with van der Waals surface area (Å²) >= 11 is 8.01. The fourth-order valence-corrected chi connectivity index (χ4v) is 3.74. The first-order valence-electron chi connectivity index (χ1n) is 6.87. The van der Waals surface area contributed by atoms with Gasteiger partial charge in [-0.2, -0.15) is 26.7 Å². The third-order valence-electron chi connectivity index (χ3n) is 3.46. The van der Waals surface area contributed by atoms with Crippen LogP contribution in [0, 0.1) is 5.92 Å². The quantitative estimate of drug-likeness (QED) is 0.904. The van der Waals surface area contributed by atoms with Crippen LogP contribution in [0.15, 0.2) is 0 Å². The molecule has 0 aliphatic carbocycles. The molecule has 20 heavy (non-hydrogen) atoms. The zero-order chi connectivity index (χ0) is 13.8. The zero-order valence-electron chi connectivity index (χ0n) is 11.2. The maximum absolute atomic E-state index is 6.00. The van der Waals surface area contributed by atoms with Gasteiger partial charge in [-0.25, -0.2) is 0 Å². The molecule has 0 radical (unpaired) electrons. The lowest BCUT2D eigenvalue weighted by Gasteiger charge is -2.26. The molecule has 2 fully saturated rings. The summed E-state index contributed by atoms with van der Waals surface area (Å²) in [6.07, 6.45) is 1.26. The number of ether oxygens (including phenoxy) is 1. The maximum Gasteiger partial charge on any atom is 0.231 e. The van der Waals surface area contributed by atoms with Gasteiger partial charge in [-0.3, -0.25) is 0 Å². The minimum Gasteiger partial charge on any atom is -0.378 e. The molecule has 2 aliphatic rings. The van der Waals surface area contributed by atoms with Crippen molar-refractivity contribution in [2.45, 2.75) is 6.42 Å². The van der Waals surface area contributed by atoms with Crippen molar-refractivity contribution in [2.24, 2.45) is 5.92 Å². The first kappa shape index (κ1) is 14.2. The molecule has 1 atom stereocenters. The molecular weight excluding hydrogens is 298 g/mol. The first-order valence-corrected chi connectivity index (χ1v) is 8.40. The van der Waals surface area contributed by atoms with E-state index in [1.165, 1.54) is 17.9 Å². The van der Waals surface area contributed by atoms with Crippen molar-refractivity contribution in [2.75, 3.05) is 54.6 Å². The average Bonchev–Trinajstić information content (AvgIpc) is 2.99. The second-order valence-corrected chi connectivity index (χ2v) is 6.43. The van der Waals surface area contributed by atoms with Gasteiger partial charge >= 0.3 is 0 Å². The highest BCUT2D eigenvalue weighted by atomic mass is 35.5. The van der Waals surface area contributed by atoms with Gasteiger partial charge in [0.2, 0.25) is 17.2 Å². The summed E-state index contributed by atoms with van der Waals surface area (Å²) in [6.45, 7) is 3.88. The molecular formula is C12H18ClN5OS. The molecule has 1 aromatic heterocycles. The zero-order valence-corrected chi connectivity index (χ0v) is 12.8. The summed E-state index contributed by atoms with van der Waals surface area (Å²) in [5.41, 5.74) is 0. The van der Waals surface area contributed by atoms with Gasteiger partial charge in [0.1, 0.15) is 0 Å². The Bertz CT molecular complexity index is 451. The van der Waals surface area contributed by atoms with Gasteiger partial charge in [0.25, 0.3) is 0 Å². The fourth-order valence-electron chi connectivity index (χ4n) is 2.30. The molecule has 1 unspecified atom stereocenters. The smallest absolute Gasteiger partial charge is 0.231 e. The molecule has 3 heterocycles. The van der Waals surface area contributed by atoms with E-state index in [1.807, 2.05) is 11.8 Å². The summed E-state index contributed by atoms with van der Waals surface area (Å²) in [6, 6.07) is 0. The Labute approximate surface area is 127 Å². The molecule has 0 spiro atoms. The Morgan fingerprint density at radius 1 is 1.30 bits per heavy atom. The van der Waals surface area contributed by atoms with E-state index in [0.717, 1.165) is 19.6 Å². The van der Waals surface area contributed by atoms with E-state index < -0.39 is 0 Å². The number of halogens is 1. The Morgan fingerprint density at radius 3 is 2.90 bits per heavy atom. The number of thioether (sulfide) groups is 1. The normalized spacial score (nSPS) is 23.1. The molecule has 3 rings (SSSR count). The molecule has 1 N–H and O–H groups in total. The van der Waals surface area contributed by atoms with Crippen molar-refractivity contribution in [1.82, 2.24) is 15.0 Å². The molecule has 0 bridgehead atoms. The molecule has 2 saturated heterocycles. The monoisotopic (exact) mass is 315 g/mol. The fraction of sp³-hybridized carbons (Fsp3) is 0.750. The SMILES string of the molecule is Clc1nc(NCC2CCSC2)nc(N2CCOCC2)n1. The lowest BCUT2D eigenvalue weighted by Crippen LogP contribution is -2.37. The van der Waals surface area contributed by atoms with Gasteiger partial charge in [0.15, 0.2) is 0 Å². The number of morpholine rings is 1. The van der Waals surface area contributed by atoms with E-state index in [1.54, 1.807) is 0 Å². The Kier molecular flexibility index (Phi) is 4.80. The van der Waals surface area contributed by atoms with E-state index in [0.29, 0.717) is 31.0 Å². The van der Waals surface area contributed by atoms with Gasteiger partial charge < -0.3 is 15.0 Å². The van der Waals surface area contributed by atoms with Crippen molar-refractivity contribution in [3.8, 4) is 0 Å².